The number of carbonyl (C=O) groups is 1. The molecule has 1 fully saturated rings. The summed E-state index contributed by atoms with van der Waals surface area (Å²) < 4.78 is 16.9. The minimum Gasteiger partial charge on any atom is -0.473 e. The van der Waals surface area contributed by atoms with E-state index < -0.39 is 11.7 Å². The Balaban J connectivity index is 2.25. The number of anilines is 1. The summed E-state index contributed by atoms with van der Waals surface area (Å²) in [4.78, 5) is 16.7. The number of hydrogen-bond acceptors (Lipinski definition) is 5. The van der Waals surface area contributed by atoms with Gasteiger partial charge in [-0.2, -0.15) is 0 Å². The molecule has 2 rings (SSSR count). The van der Waals surface area contributed by atoms with Gasteiger partial charge in [0.05, 0.1) is 19.3 Å². The summed E-state index contributed by atoms with van der Waals surface area (Å²) in [7, 11) is 0. The molecule has 0 saturated carbocycles. The molecule has 1 aliphatic heterocycles. The van der Waals surface area contributed by atoms with Crippen molar-refractivity contribution in [3.05, 3.63) is 17.8 Å². The van der Waals surface area contributed by atoms with Crippen LogP contribution in [-0.2, 0) is 14.3 Å². The largest absolute Gasteiger partial charge is 0.473 e. The van der Waals surface area contributed by atoms with E-state index in [0.717, 1.165) is 6.42 Å². The third-order valence-corrected chi connectivity index (χ3v) is 3.23. The molecule has 1 aromatic heterocycles. The lowest BCUT2D eigenvalue weighted by molar-refractivity contribution is -0.185. The highest BCUT2D eigenvalue weighted by Crippen LogP contribution is 2.30. The van der Waals surface area contributed by atoms with Gasteiger partial charge in [-0.1, -0.05) is 20.8 Å². The summed E-state index contributed by atoms with van der Waals surface area (Å²) in [5.41, 5.74) is 0.705. The molecule has 1 aliphatic rings. The standard InChI is InChI=1S/C17H26N2O4/c1-11(2)23-14-12(19-16(20)17(3,4)5)7-8-13(18-14)15-21-9-6-10-22-15/h7-8,11,15H,6,9-10H2,1-5H3,(H,19,20). The first-order chi connectivity index (χ1) is 10.8. The molecule has 0 atom stereocenters. The van der Waals surface area contributed by atoms with Crippen LogP contribution < -0.4 is 10.1 Å². The molecule has 0 spiro atoms. The lowest BCUT2D eigenvalue weighted by Crippen LogP contribution is -2.28. The molecule has 6 heteroatoms. The number of carbonyl (C=O) groups excluding carboxylic acids is 1. The number of amides is 1. The van der Waals surface area contributed by atoms with Gasteiger partial charge >= 0.3 is 0 Å². The van der Waals surface area contributed by atoms with Crippen LogP contribution in [0, 0.1) is 5.41 Å². The third kappa shape index (κ3) is 4.91. The Bertz CT molecular complexity index is 546. The van der Waals surface area contributed by atoms with E-state index in [2.05, 4.69) is 10.3 Å². The van der Waals surface area contributed by atoms with Crippen LogP contribution in [-0.4, -0.2) is 30.2 Å². The third-order valence-electron chi connectivity index (χ3n) is 3.23. The lowest BCUT2D eigenvalue weighted by atomic mass is 9.95. The van der Waals surface area contributed by atoms with Crippen molar-refractivity contribution in [1.82, 2.24) is 4.98 Å². The summed E-state index contributed by atoms with van der Waals surface area (Å²) in [6, 6.07) is 3.58. The molecular formula is C17H26N2O4. The van der Waals surface area contributed by atoms with Crippen molar-refractivity contribution in [3.8, 4) is 5.88 Å². The predicted molar refractivity (Wildman–Crippen MR) is 87.3 cm³/mol. The van der Waals surface area contributed by atoms with E-state index in [1.165, 1.54) is 0 Å². The van der Waals surface area contributed by atoms with Gasteiger partial charge in [-0.3, -0.25) is 4.79 Å². The zero-order chi connectivity index (χ0) is 17.0. The summed E-state index contributed by atoms with van der Waals surface area (Å²) in [5, 5.41) is 2.88. The summed E-state index contributed by atoms with van der Waals surface area (Å²) >= 11 is 0. The second kappa shape index (κ2) is 7.27. The number of pyridine rings is 1. The maximum absolute atomic E-state index is 12.2. The minimum atomic E-state index is -0.497. The molecule has 1 saturated heterocycles. The van der Waals surface area contributed by atoms with Crippen molar-refractivity contribution in [3.63, 3.8) is 0 Å². The van der Waals surface area contributed by atoms with E-state index in [1.807, 2.05) is 34.6 Å². The highest BCUT2D eigenvalue weighted by molar-refractivity contribution is 5.95. The minimum absolute atomic E-state index is 0.0590. The van der Waals surface area contributed by atoms with Gasteiger partial charge in [-0.05, 0) is 32.4 Å². The van der Waals surface area contributed by atoms with Gasteiger partial charge in [0.2, 0.25) is 18.1 Å². The molecule has 23 heavy (non-hydrogen) atoms. The fraction of sp³-hybridized carbons (Fsp3) is 0.647. The van der Waals surface area contributed by atoms with Crippen molar-refractivity contribution in [2.45, 2.75) is 53.4 Å². The maximum atomic E-state index is 12.2. The zero-order valence-electron chi connectivity index (χ0n) is 14.5. The molecule has 1 amide bonds. The van der Waals surface area contributed by atoms with E-state index in [0.29, 0.717) is 30.5 Å². The van der Waals surface area contributed by atoms with Gasteiger partial charge in [-0.25, -0.2) is 4.98 Å². The van der Waals surface area contributed by atoms with Crippen molar-refractivity contribution < 1.29 is 19.0 Å². The van der Waals surface area contributed by atoms with E-state index >= 15 is 0 Å². The van der Waals surface area contributed by atoms with Crippen molar-refractivity contribution in [1.29, 1.82) is 0 Å². The molecule has 0 aromatic carbocycles. The average molecular weight is 322 g/mol. The fourth-order valence-corrected chi connectivity index (χ4v) is 1.96. The lowest BCUT2D eigenvalue weighted by Gasteiger charge is -2.24. The van der Waals surface area contributed by atoms with Crippen LogP contribution in [0.25, 0.3) is 0 Å². The monoisotopic (exact) mass is 322 g/mol. The first-order valence-corrected chi connectivity index (χ1v) is 7.99. The van der Waals surface area contributed by atoms with E-state index in [1.54, 1.807) is 12.1 Å². The van der Waals surface area contributed by atoms with Gasteiger partial charge in [0.1, 0.15) is 11.4 Å². The normalized spacial score (nSPS) is 16.4. The molecule has 0 aliphatic carbocycles. The molecule has 1 N–H and O–H groups in total. The quantitative estimate of drug-likeness (QED) is 0.921. The Morgan fingerprint density at radius 1 is 1.30 bits per heavy atom. The van der Waals surface area contributed by atoms with Crippen LogP contribution in [0.2, 0.25) is 0 Å². The number of ether oxygens (including phenoxy) is 3. The number of aromatic nitrogens is 1. The zero-order valence-corrected chi connectivity index (χ0v) is 14.5. The highest BCUT2D eigenvalue weighted by Gasteiger charge is 2.25. The van der Waals surface area contributed by atoms with Crippen LogP contribution in [0.4, 0.5) is 5.69 Å². The molecule has 128 valence electrons. The molecule has 2 heterocycles. The Labute approximate surface area is 137 Å². The second-order valence-electron chi connectivity index (χ2n) is 6.89. The summed E-state index contributed by atoms with van der Waals surface area (Å²) in [5.74, 6) is 0.290. The smallest absolute Gasteiger partial charge is 0.238 e. The van der Waals surface area contributed by atoms with Crippen LogP contribution in [0.3, 0.4) is 0 Å². The van der Waals surface area contributed by atoms with Crippen LogP contribution >= 0.6 is 0 Å². The van der Waals surface area contributed by atoms with Crippen molar-refractivity contribution in [2.75, 3.05) is 18.5 Å². The Kier molecular flexibility index (Phi) is 5.59. The predicted octanol–water partition coefficient (Wildman–Crippen LogP) is 3.29. The molecule has 1 aromatic rings. The van der Waals surface area contributed by atoms with Crippen molar-refractivity contribution in [2.24, 2.45) is 5.41 Å². The van der Waals surface area contributed by atoms with Gasteiger partial charge in [0.25, 0.3) is 0 Å². The van der Waals surface area contributed by atoms with E-state index in [9.17, 15) is 4.79 Å². The van der Waals surface area contributed by atoms with Gasteiger partial charge in [-0.15, -0.1) is 0 Å². The first-order valence-electron chi connectivity index (χ1n) is 7.99. The fourth-order valence-electron chi connectivity index (χ4n) is 1.96. The molecule has 6 nitrogen and oxygen atoms in total. The maximum Gasteiger partial charge on any atom is 0.238 e. The number of rotatable bonds is 4. The van der Waals surface area contributed by atoms with Gasteiger partial charge < -0.3 is 19.5 Å². The molecule has 0 unspecified atom stereocenters. The Hall–Kier alpha value is -1.66. The van der Waals surface area contributed by atoms with Crippen molar-refractivity contribution >= 4 is 11.6 Å². The van der Waals surface area contributed by atoms with Crippen LogP contribution in [0.5, 0.6) is 5.88 Å². The highest BCUT2D eigenvalue weighted by atomic mass is 16.7. The number of hydrogen-bond donors (Lipinski definition) is 1. The number of nitrogens with one attached hydrogen (secondary N) is 1. The number of nitrogens with zero attached hydrogens (tertiary/aromatic N) is 1. The molecule has 0 radical (unpaired) electrons. The van der Waals surface area contributed by atoms with E-state index in [-0.39, 0.29) is 12.0 Å². The first kappa shape index (κ1) is 17.7. The van der Waals surface area contributed by atoms with Crippen LogP contribution in [0.1, 0.15) is 53.0 Å². The van der Waals surface area contributed by atoms with E-state index in [4.69, 9.17) is 14.2 Å². The van der Waals surface area contributed by atoms with Crippen LogP contribution in [0.15, 0.2) is 12.1 Å². The van der Waals surface area contributed by atoms with Gasteiger partial charge in [0.15, 0.2) is 0 Å². The molecular weight excluding hydrogens is 296 g/mol. The Morgan fingerprint density at radius 2 is 1.96 bits per heavy atom. The average Bonchev–Trinajstić information content (AvgIpc) is 2.48. The summed E-state index contributed by atoms with van der Waals surface area (Å²) in [6.07, 6.45) is 0.341. The Morgan fingerprint density at radius 3 is 2.52 bits per heavy atom. The second-order valence-corrected chi connectivity index (χ2v) is 6.89. The SMILES string of the molecule is CC(C)Oc1nc(C2OCCCO2)ccc1NC(=O)C(C)(C)C. The summed E-state index contributed by atoms with van der Waals surface area (Å²) in [6.45, 7) is 10.7. The topological polar surface area (TPSA) is 69.7 Å². The molecule has 0 bridgehead atoms. The van der Waals surface area contributed by atoms with Gasteiger partial charge in [0, 0.05) is 5.41 Å².